The van der Waals surface area contributed by atoms with E-state index in [0.717, 1.165) is 168 Å². The molecule has 0 atom stereocenters. The number of anilines is 12. The molecule has 0 spiro atoms. The van der Waals surface area contributed by atoms with Crippen molar-refractivity contribution in [2.24, 2.45) is 0 Å². The number of rotatable bonds is 17. The van der Waals surface area contributed by atoms with Gasteiger partial charge >= 0.3 is 0 Å². The molecular weight excluding hydrogens is 1290 g/mol. The number of aromatic nitrogens is 3. The molecule has 15 aromatic carbocycles. The quantitative estimate of drug-likeness (QED) is 0.0905. The molecule has 0 bridgehead atoms. The molecule has 502 valence electrons. The Kier molecular flexibility index (Phi) is 16.6. The summed E-state index contributed by atoms with van der Waals surface area (Å²) in [5.74, 6) is 0. The standard InChI is InChI=1S/C98H70N8/c1-68-43-56-87(69(2)100-68)98-88(71-44-48-81(49-45-71)105-94-57-52-83(101(73-27-11-3-12-28-73)74-29-13-4-14-30-74)63-90(94)91-64-84(53-58-95(91)105)102(75-31-15-5-16-32-75)76-33-17-6-18-34-76)61-70(67-99)62-89(98)72-46-50-82(51-47-72)106-96-59-54-85(103(77-35-19-7-20-36-77)78-37-21-8-22-38-78)65-92(96)93-66-86(55-60-97(93)106)104(79-39-23-9-24-40-79)80-41-25-10-26-42-80/h3-66H,1-2H3. The van der Waals surface area contributed by atoms with Crippen LogP contribution in [0.1, 0.15) is 17.0 Å². The van der Waals surface area contributed by atoms with Gasteiger partial charge < -0.3 is 28.7 Å². The van der Waals surface area contributed by atoms with E-state index in [1.165, 1.54) is 0 Å². The Balaban J connectivity index is 0.779. The molecule has 3 aromatic heterocycles. The van der Waals surface area contributed by atoms with E-state index in [2.05, 4.69) is 430 Å². The molecule has 0 saturated heterocycles. The van der Waals surface area contributed by atoms with Gasteiger partial charge in [0.05, 0.1) is 33.7 Å². The fraction of sp³-hybridized carbons (Fsp3) is 0.0204. The SMILES string of the molecule is Cc1ccc(-c2c(-c3ccc(-n4c5ccc(N(c6ccccc6)c6ccccc6)cc5c5cc(N(c6ccccc6)c6ccccc6)ccc54)cc3)cc(C#N)cc2-c2ccc(-n3c4ccc(N(c5ccccc5)c5ccccc5)cc4c4cc(N(c5ccccc5)c5ccccc5)ccc43)cc2)c(C)n1. The van der Waals surface area contributed by atoms with Gasteiger partial charge in [-0.05, 0) is 254 Å². The summed E-state index contributed by atoms with van der Waals surface area (Å²) in [6.45, 7) is 4.13. The Hall–Kier alpha value is -14.3. The van der Waals surface area contributed by atoms with Crippen LogP contribution in [0.2, 0.25) is 0 Å². The average molecular weight is 1360 g/mol. The monoisotopic (exact) mass is 1360 g/mol. The molecule has 18 aromatic rings. The van der Waals surface area contributed by atoms with Crippen LogP contribution >= 0.6 is 0 Å². The minimum atomic E-state index is 0.558. The molecule has 8 heteroatoms. The second kappa shape index (κ2) is 27.6. The number of aryl methyl sites for hydroxylation is 2. The van der Waals surface area contributed by atoms with E-state index < -0.39 is 0 Å². The van der Waals surface area contributed by atoms with Gasteiger partial charge in [-0.3, -0.25) is 4.98 Å². The van der Waals surface area contributed by atoms with Crippen molar-refractivity contribution in [2.45, 2.75) is 13.8 Å². The lowest BCUT2D eigenvalue weighted by Crippen LogP contribution is -2.09. The maximum Gasteiger partial charge on any atom is 0.0992 e. The van der Waals surface area contributed by atoms with E-state index in [1.807, 2.05) is 6.92 Å². The Bertz CT molecular complexity index is 5470. The smallest absolute Gasteiger partial charge is 0.0992 e. The van der Waals surface area contributed by atoms with Crippen LogP contribution < -0.4 is 19.6 Å². The Labute approximate surface area is 616 Å². The first-order chi connectivity index (χ1) is 52.4. The molecule has 0 fully saturated rings. The van der Waals surface area contributed by atoms with E-state index in [1.54, 1.807) is 0 Å². The number of nitriles is 1. The summed E-state index contributed by atoms with van der Waals surface area (Å²) in [5, 5.41) is 15.6. The molecular formula is C98H70N8. The van der Waals surface area contributed by atoms with Crippen molar-refractivity contribution >= 4 is 112 Å². The molecule has 0 radical (unpaired) electrons. The van der Waals surface area contributed by atoms with Crippen LogP contribution in [-0.4, -0.2) is 14.1 Å². The highest BCUT2D eigenvalue weighted by molar-refractivity contribution is 6.14. The van der Waals surface area contributed by atoms with Crippen molar-refractivity contribution in [1.29, 1.82) is 5.26 Å². The van der Waals surface area contributed by atoms with Crippen LogP contribution in [0.4, 0.5) is 68.2 Å². The molecule has 0 aliphatic rings. The van der Waals surface area contributed by atoms with Gasteiger partial charge in [-0.2, -0.15) is 5.26 Å². The van der Waals surface area contributed by atoms with E-state index in [0.29, 0.717) is 5.56 Å². The lowest BCUT2D eigenvalue weighted by atomic mass is 9.85. The first-order valence-electron chi connectivity index (χ1n) is 35.9. The summed E-state index contributed by atoms with van der Waals surface area (Å²) in [7, 11) is 0. The van der Waals surface area contributed by atoms with Crippen molar-refractivity contribution in [2.75, 3.05) is 19.6 Å². The highest BCUT2D eigenvalue weighted by atomic mass is 15.2. The minimum absolute atomic E-state index is 0.558. The minimum Gasteiger partial charge on any atom is -0.310 e. The van der Waals surface area contributed by atoms with E-state index >= 15 is 0 Å². The molecule has 106 heavy (non-hydrogen) atoms. The largest absolute Gasteiger partial charge is 0.310 e. The summed E-state index contributed by atoms with van der Waals surface area (Å²) in [6.07, 6.45) is 0. The molecule has 0 aliphatic carbocycles. The van der Waals surface area contributed by atoms with Crippen LogP contribution in [0.15, 0.2) is 388 Å². The molecule has 18 rings (SSSR count). The van der Waals surface area contributed by atoms with Crippen molar-refractivity contribution in [3.8, 4) is 50.8 Å². The zero-order chi connectivity index (χ0) is 71.0. The maximum atomic E-state index is 11.1. The van der Waals surface area contributed by atoms with Gasteiger partial charge in [-0.1, -0.05) is 176 Å². The maximum absolute atomic E-state index is 11.1. The number of pyridine rings is 1. The van der Waals surface area contributed by atoms with Gasteiger partial charge in [0, 0.05) is 118 Å². The fourth-order valence-corrected chi connectivity index (χ4v) is 15.5. The number of fused-ring (bicyclic) bond motifs is 6. The summed E-state index contributed by atoms with van der Waals surface area (Å²) >= 11 is 0. The highest BCUT2D eigenvalue weighted by Crippen LogP contribution is 2.48. The number of hydrogen-bond acceptors (Lipinski definition) is 6. The van der Waals surface area contributed by atoms with Gasteiger partial charge in [-0.15, -0.1) is 0 Å². The van der Waals surface area contributed by atoms with Crippen molar-refractivity contribution in [1.82, 2.24) is 14.1 Å². The van der Waals surface area contributed by atoms with E-state index in [4.69, 9.17) is 4.98 Å². The predicted octanol–water partition coefficient (Wildman–Crippen LogP) is 26.6. The lowest BCUT2D eigenvalue weighted by Gasteiger charge is -2.26. The normalized spacial score (nSPS) is 11.3. The van der Waals surface area contributed by atoms with E-state index in [-0.39, 0.29) is 0 Å². The Morgan fingerprint density at radius 1 is 0.255 bits per heavy atom. The average Bonchev–Trinajstić information content (AvgIpc) is 1.47. The van der Waals surface area contributed by atoms with Crippen LogP contribution in [0.25, 0.3) is 88.4 Å². The molecule has 0 amide bonds. The third-order valence-corrected chi connectivity index (χ3v) is 20.2. The molecule has 3 heterocycles. The lowest BCUT2D eigenvalue weighted by molar-refractivity contribution is 1.13. The third kappa shape index (κ3) is 11.8. The Morgan fingerprint density at radius 2 is 0.509 bits per heavy atom. The predicted molar refractivity (Wildman–Crippen MR) is 442 cm³/mol. The topological polar surface area (TPSA) is 59.5 Å². The van der Waals surface area contributed by atoms with E-state index in [9.17, 15) is 5.26 Å². The van der Waals surface area contributed by atoms with Crippen LogP contribution in [0, 0.1) is 25.2 Å². The first kappa shape index (κ1) is 63.9. The molecule has 0 unspecified atom stereocenters. The molecule has 0 aliphatic heterocycles. The van der Waals surface area contributed by atoms with Crippen molar-refractivity contribution < 1.29 is 0 Å². The number of hydrogen-bond donors (Lipinski definition) is 0. The second-order valence-corrected chi connectivity index (χ2v) is 26.7. The first-order valence-corrected chi connectivity index (χ1v) is 35.9. The number of para-hydroxylation sites is 8. The second-order valence-electron chi connectivity index (χ2n) is 26.7. The zero-order valence-corrected chi connectivity index (χ0v) is 58.5. The number of benzene rings is 15. The third-order valence-electron chi connectivity index (χ3n) is 20.2. The van der Waals surface area contributed by atoms with Gasteiger partial charge in [0.15, 0.2) is 0 Å². The van der Waals surface area contributed by atoms with Gasteiger partial charge in [0.1, 0.15) is 0 Å². The Morgan fingerprint density at radius 3 is 0.745 bits per heavy atom. The van der Waals surface area contributed by atoms with Crippen LogP contribution in [0.5, 0.6) is 0 Å². The van der Waals surface area contributed by atoms with Gasteiger partial charge in [-0.25, -0.2) is 0 Å². The fourth-order valence-electron chi connectivity index (χ4n) is 15.5. The number of nitrogens with zero attached hydrogens (tertiary/aromatic N) is 8. The van der Waals surface area contributed by atoms with Crippen molar-refractivity contribution in [3.05, 3.63) is 405 Å². The van der Waals surface area contributed by atoms with Crippen LogP contribution in [-0.2, 0) is 0 Å². The van der Waals surface area contributed by atoms with Gasteiger partial charge in [0.25, 0.3) is 0 Å². The van der Waals surface area contributed by atoms with Crippen molar-refractivity contribution in [3.63, 3.8) is 0 Å². The zero-order valence-electron chi connectivity index (χ0n) is 58.5. The summed E-state index contributed by atoms with van der Waals surface area (Å²) in [6, 6.07) is 141. The molecule has 0 saturated carbocycles. The molecule has 8 nitrogen and oxygen atoms in total. The van der Waals surface area contributed by atoms with Gasteiger partial charge in [0.2, 0.25) is 0 Å². The molecule has 0 N–H and O–H groups in total. The highest BCUT2D eigenvalue weighted by Gasteiger charge is 2.25. The van der Waals surface area contributed by atoms with Crippen LogP contribution in [0.3, 0.4) is 0 Å². The summed E-state index contributed by atoms with van der Waals surface area (Å²) in [4.78, 5) is 14.4. The summed E-state index contributed by atoms with van der Waals surface area (Å²) in [5.41, 5.74) is 27.2. The summed E-state index contributed by atoms with van der Waals surface area (Å²) < 4.78 is 4.78.